The molecule has 2 rings (SSSR count). The van der Waals surface area contributed by atoms with E-state index in [0.29, 0.717) is 11.8 Å². The molecule has 1 aliphatic heterocycles. The molecule has 0 radical (unpaired) electrons. The Morgan fingerprint density at radius 2 is 1.93 bits per heavy atom. The monoisotopic (exact) mass is 410 g/mol. The Morgan fingerprint density at radius 1 is 1.17 bits per heavy atom. The van der Waals surface area contributed by atoms with E-state index in [0.717, 1.165) is 97.3 Å². The Kier molecular flexibility index (Phi) is 11.3. The van der Waals surface area contributed by atoms with Crippen molar-refractivity contribution < 1.29 is 9.53 Å². The van der Waals surface area contributed by atoms with Crippen molar-refractivity contribution in [3.8, 4) is 0 Å². The van der Waals surface area contributed by atoms with Gasteiger partial charge >= 0.3 is 0 Å². The Hall–Kier alpha value is -1.38. The molecule has 2 fully saturated rings. The zero-order chi connectivity index (χ0) is 20.9. The lowest BCUT2D eigenvalue weighted by molar-refractivity contribution is -0.139. The van der Waals surface area contributed by atoms with Gasteiger partial charge in [0.05, 0.1) is 6.54 Å². The maximum Gasteiger partial charge on any atom is 0.225 e. The molecule has 1 saturated heterocycles. The molecule has 168 valence electrons. The fourth-order valence-electron chi connectivity index (χ4n) is 3.71. The molecule has 0 unspecified atom stereocenters. The van der Waals surface area contributed by atoms with Crippen LogP contribution in [0.2, 0.25) is 0 Å². The summed E-state index contributed by atoms with van der Waals surface area (Å²) < 4.78 is 5.10. The highest BCUT2D eigenvalue weighted by molar-refractivity contribution is 5.80. The summed E-state index contributed by atoms with van der Waals surface area (Å²) in [6, 6.07) is 0. The van der Waals surface area contributed by atoms with Crippen LogP contribution in [-0.4, -0.2) is 113 Å². The van der Waals surface area contributed by atoms with Crippen LogP contribution in [0, 0.1) is 5.92 Å². The van der Waals surface area contributed by atoms with Gasteiger partial charge in [-0.05, 0) is 33.2 Å². The van der Waals surface area contributed by atoms with Gasteiger partial charge in [-0.15, -0.1) is 0 Å². The van der Waals surface area contributed by atoms with Gasteiger partial charge in [-0.25, -0.2) is 0 Å². The molecular formula is C21H42N6O2. The zero-order valence-electron chi connectivity index (χ0n) is 18.8. The van der Waals surface area contributed by atoms with Crippen molar-refractivity contribution in [3.05, 3.63) is 0 Å². The lowest BCUT2D eigenvalue weighted by atomic mass is 9.84. The third-order valence-electron chi connectivity index (χ3n) is 5.84. The molecule has 0 atom stereocenters. The van der Waals surface area contributed by atoms with Crippen LogP contribution in [0.5, 0.6) is 0 Å². The van der Waals surface area contributed by atoms with Crippen LogP contribution in [0.25, 0.3) is 0 Å². The smallest absolute Gasteiger partial charge is 0.225 e. The number of nitrogens with zero attached hydrogens (tertiary/aromatic N) is 4. The number of guanidine groups is 1. The first kappa shape index (κ1) is 23.9. The Bertz CT molecular complexity index is 490. The van der Waals surface area contributed by atoms with Gasteiger partial charge in [-0.2, -0.15) is 0 Å². The van der Waals surface area contributed by atoms with Crippen LogP contribution in [0.15, 0.2) is 4.99 Å². The molecule has 0 aromatic heterocycles. The Balaban J connectivity index is 1.61. The summed E-state index contributed by atoms with van der Waals surface area (Å²) in [5.41, 5.74) is 0. The van der Waals surface area contributed by atoms with Crippen molar-refractivity contribution in [1.82, 2.24) is 25.3 Å². The average molecular weight is 411 g/mol. The fraction of sp³-hybridized carbons (Fsp3) is 0.905. The number of ether oxygens (including phenoxy) is 1. The lowest BCUT2D eigenvalue weighted by Gasteiger charge is -2.38. The van der Waals surface area contributed by atoms with E-state index in [1.165, 1.54) is 6.42 Å². The van der Waals surface area contributed by atoms with Crippen LogP contribution in [0.4, 0.5) is 0 Å². The first-order chi connectivity index (χ1) is 14.1. The van der Waals surface area contributed by atoms with Crippen molar-refractivity contribution in [2.24, 2.45) is 10.9 Å². The Morgan fingerprint density at radius 3 is 2.55 bits per heavy atom. The van der Waals surface area contributed by atoms with E-state index in [-0.39, 0.29) is 0 Å². The van der Waals surface area contributed by atoms with Gasteiger partial charge in [-0.1, -0.05) is 6.42 Å². The van der Waals surface area contributed by atoms with E-state index in [1.807, 2.05) is 0 Å². The number of carbonyl (C=O) groups excluding carboxylic acids is 1. The second-order valence-electron chi connectivity index (χ2n) is 8.13. The molecule has 29 heavy (non-hydrogen) atoms. The van der Waals surface area contributed by atoms with Crippen molar-refractivity contribution in [1.29, 1.82) is 0 Å². The van der Waals surface area contributed by atoms with Gasteiger partial charge in [0.1, 0.15) is 0 Å². The summed E-state index contributed by atoms with van der Waals surface area (Å²) >= 11 is 0. The van der Waals surface area contributed by atoms with E-state index < -0.39 is 0 Å². The third kappa shape index (κ3) is 8.88. The van der Waals surface area contributed by atoms with E-state index >= 15 is 0 Å². The van der Waals surface area contributed by atoms with Crippen molar-refractivity contribution in [2.45, 2.75) is 32.6 Å². The molecule has 0 spiro atoms. The standard InChI is InChI=1S/C21H42N6O2/c1-4-22-21(23-9-12-25(2)11-6-18-29-3)24-10-13-26-14-16-27(17-15-26)20(28)19-7-5-8-19/h19H,4-18H2,1-3H3,(H2,22,23,24). The lowest BCUT2D eigenvalue weighted by Crippen LogP contribution is -2.51. The predicted molar refractivity (Wildman–Crippen MR) is 118 cm³/mol. The molecule has 2 aliphatic rings. The third-order valence-corrected chi connectivity index (χ3v) is 5.84. The van der Waals surface area contributed by atoms with Crippen LogP contribution in [0.1, 0.15) is 32.6 Å². The highest BCUT2D eigenvalue weighted by Gasteiger charge is 2.30. The van der Waals surface area contributed by atoms with E-state index in [1.54, 1.807) is 7.11 Å². The molecule has 8 nitrogen and oxygen atoms in total. The summed E-state index contributed by atoms with van der Waals surface area (Å²) in [6.07, 6.45) is 4.47. The van der Waals surface area contributed by atoms with Gasteiger partial charge in [-0.3, -0.25) is 14.7 Å². The van der Waals surface area contributed by atoms with Gasteiger partial charge < -0.3 is 25.2 Å². The number of piperazine rings is 1. The van der Waals surface area contributed by atoms with Crippen molar-refractivity contribution in [2.75, 3.05) is 86.2 Å². The van der Waals surface area contributed by atoms with E-state index in [4.69, 9.17) is 9.73 Å². The fourth-order valence-corrected chi connectivity index (χ4v) is 3.71. The minimum Gasteiger partial charge on any atom is -0.385 e. The molecule has 1 amide bonds. The van der Waals surface area contributed by atoms with E-state index in [2.05, 4.69) is 39.3 Å². The van der Waals surface area contributed by atoms with Gasteiger partial charge in [0.25, 0.3) is 0 Å². The van der Waals surface area contributed by atoms with Crippen molar-refractivity contribution >= 4 is 11.9 Å². The number of nitrogens with one attached hydrogen (secondary N) is 2. The molecule has 1 saturated carbocycles. The van der Waals surface area contributed by atoms with Crippen LogP contribution in [-0.2, 0) is 9.53 Å². The molecule has 0 bridgehead atoms. The van der Waals surface area contributed by atoms with Gasteiger partial charge in [0.2, 0.25) is 5.91 Å². The molecule has 8 heteroatoms. The number of aliphatic imine (C=N–C) groups is 1. The van der Waals surface area contributed by atoms with Crippen LogP contribution < -0.4 is 10.6 Å². The molecule has 0 aromatic rings. The quantitative estimate of drug-likeness (QED) is 0.277. The second kappa shape index (κ2) is 13.8. The van der Waals surface area contributed by atoms with Crippen molar-refractivity contribution in [3.63, 3.8) is 0 Å². The first-order valence-electron chi connectivity index (χ1n) is 11.3. The molecule has 1 aliphatic carbocycles. The number of amides is 1. The van der Waals surface area contributed by atoms with Gasteiger partial charge in [0, 0.05) is 78.5 Å². The number of hydrogen-bond donors (Lipinski definition) is 2. The Labute approximate surface area is 177 Å². The predicted octanol–water partition coefficient (Wildman–Crippen LogP) is 0.454. The molecular weight excluding hydrogens is 368 g/mol. The summed E-state index contributed by atoms with van der Waals surface area (Å²) in [6.45, 7) is 12.0. The number of hydrogen-bond acceptors (Lipinski definition) is 5. The van der Waals surface area contributed by atoms with Crippen LogP contribution >= 0.6 is 0 Å². The van der Waals surface area contributed by atoms with Crippen LogP contribution in [0.3, 0.4) is 0 Å². The topological polar surface area (TPSA) is 72.4 Å². The number of rotatable bonds is 12. The highest BCUT2D eigenvalue weighted by Crippen LogP contribution is 2.28. The SMILES string of the molecule is CCNC(=NCCN1CCN(C(=O)C2CCC2)CC1)NCCN(C)CCCOC. The largest absolute Gasteiger partial charge is 0.385 e. The molecule has 1 heterocycles. The minimum absolute atomic E-state index is 0.318. The second-order valence-corrected chi connectivity index (χ2v) is 8.13. The summed E-state index contributed by atoms with van der Waals surface area (Å²) in [7, 11) is 3.88. The summed E-state index contributed by atoms with van der Waals surface area (Å²) in [4.78, 5) is 23.9. The number of carbonyl (C=O) groups is 1. The normalized spacial score (nSPS) is 18.8. The number of methoxy groups -OCH3 is 1. The molecule has 0 aromatic carbocycles. The summed E-state index contributed by atoms with van der Waals surface area (Å²) in [5, 5.41) is 6.74. The average Bonchev–Trinajstić information content (AvgIpc) is 2.67. The first-order valence-corrected chi connectivity index (χ1v) is 11.3. The minimum atomic E-state index is 0.318. The number of likely N-dealkylation sites (N-methyl/N-ethyl adjacent to an activating group) is 1. The zero-order valence-corrected chi connectivity index (χ0v) is 18.8. The van der Waals surface area contributed by atoms with Gasteiger partial charge in [0.15, 0.2) is 5.96 Å². The maximum absolute atomic E-state index is 12.3. The molecule has 2 N–H and O–H groups in total. The van der Waals surface area contributed by atoms with E-state index in [9.17, 15) is 4.79 Å². The maximum atomic E-state index is 12.3. The highest BCUT2D eigenvalue weighted by atomic mass is 16.5. The summed E-state index contributed by atoms with van der Waals surface area (Å²) in [5.74, 6) is 1.59.